The third-order valence-electron chi connectivity index (χ3n) is 3.16. The van der Waals surface area contributed by atoms with Crippen molar-refractivity contribution in [1.29, 1.82) is 0 Å². The van der Waals surface area contributed by atoms with Gasteiger partial charge in [-0.25, -0.2) is 0 Å². The molecule has 84 valence electrons. The molecular weight excluding hydrogens is 174 g/mol. The first kappa shape index (κ1) is 12.0. The average Bonchev–Trinajstić information content (AvgIpc) is 2.11. The minimum Gasteiger partial charge on any atom is -0.385 e. The summed E-state index contributed by atoms with van der Waals surface area (Å²) in [7, 11) is 1.77. The van der Waals surface area contributed by atoms with Crippen LogP contribution in [0.2, 0.25) is 0 Å². The molecule has 1 aliphatic carbocycles. The lowest BCUT2D eigenvalue weighted by molar-refractivity contribution is 0.178. The molecule has 0 aromatic heterocycles. The maximum atomic E-state index is 5.03. The number of rotatable bonds is 5. The van der Waals surface area contributed by atoms with Crippen LogP contribution in [0, 0.1) is 5.41 Å². The summed E-state index contributed by atoms with van der Waals surface area (Å²) in [6.45, 7) is 6.75. The topological polar surface area (TPSA) is 21.3 Å². The van der Waals surface area contributed by atoms with Crippen molar-refractivity contribution in [2.45, 2.75) is 52.0 Å². The Balaban J connectivity index is 2.12. The highest BCUT2D eigenvalue weighted by molar-refractivity contribution is 4.83. The van der Waals surface area contributed by atoms with Gasteiger partial charge in [0.05, 0.1) is 0 Å². The maximum Gasteiger partial charge on any atom is 0.0474 e. The maximum absolute atomic E-state index is 5.03. The molecule has 0 amide bonds. The summed E-state index contributed by atoms with van der Waals surface area (Å²) in [5.41, 5.74) is 0.553. The molecule has 1 saturated carbocycles. The minimum atomic E-state index is 0.553. The molecule has 0 saturated heterocycles. The second kappa shape index (κ2) is 5.72. The highest BCUT2D eigenvalue weighted by atomic mass is 16.5. The molecule has 0 aromatic carbocycles. The Morgan fingerprint density at radius 2 is 2.21 bits per heavy atom. The van der Waals surface area contributed by atoms with E-state index in [0.29, 0.717) is 5.41 Å². The molecule has 14 heavy (non-hydrogen) atoms. The van der Waals surface area contributed by atoms with Crippen LogP contribution in [-0.2, 0) is 4.74 Å². The molecule has 1 N–H and O–H groups in total. The molecule has 1 fully saturated rings. The van der Waals surface area contributed by atoms with Crippen molar-refractivity contribution in [1.82, 2.24) is 5.32 Å². The summed E-state index contributed by atoms with van der Waals surface area (Å²) in [5, 5.41) is 3.63. The molecule has 0 aromatic rings. The lowest BCUT2D eigenvalue weighted by Crippen LogP contribution is -2.37. The molecule has 0 spiro atoms. The summed E-state index contributed by atoms with van der Waals surface area (Å²) >= 11 is 0. The van der Waals surface area contributed by atoms with Crippen molar-refractivity contribution in [2.24, 2.45) is 5.41 Å². The molecule has 1 aliphatic rings. The SMILES string of the molecule is COCCCN[C@H]1CCCC(C)(C)C1. The van der Waals surface area contributed by atoms with E-state index < -0.39 is 0 Å². The van der Waals surface area contributed by atoms with Gasteiger partial charge in [-0.15, -0.1) is 0 Å². The van der Waals surface area contributed by atoms with E-state index in [0.717, 1.165) is 25.6 Å². The van der Waals surface area contributed by atoms with Crippen molar-refractivity contribution in [3.05, 3.63) is 0 Å². The first-order valence-corrected chi connectivity index (χ1v) is 5.86. The summed E-state index contributed by atoms with van der Waals surface area (Å²) in [6.07, 6.45) is 6.60. The fourth-order valence-electron chi connectivity index (χ4n) is 2.40. The Hall–Kier alpha value is -0.0800. The van der Waals surface area contributed by atoms with Gasteiger partial charge < -0.3 is 10.1 Å². The minimum absolute atomic E-state index is 0.553. The smallest absolute Gasteiger partial charge is 0.0474 e. The molecular formula is C12H25NO. The van der Waals surface area contributed by atoms with E-state index in [1.165, 1.54) is 25.7 Å². The number of hydrogen-bond donors (Lipinski definition) is 1. The summed E-state index contributed by atoms with van der Waals surface area (Å²) in [6, 6.07) is 0.746. The van der Waals surface area contributed by atoms with Crippen LogP contribution in [0.25, 0.3) is 0 Å². The van der Waals surface area contributed by atoms with Crippen LogP contribution in [0.5, 0.6) is 0 Å². The van der Waals surface area contributed by atoms with E-state index in [-0.39, 0.29) is 0 Å². The van der Waals surface area contributed by atoms with Gasteiger partial charge in [-0.1, -0.05) is 20.3 Å². The van der Waals surface area contributed by atoms with Crippen LogP contribution in [0.3, 0.4) is 0 Å². The largest absolute Gasteiger partial charge is 0.385 e. The molecule has 1 rings (SSSR count). The van der Waals surface area contributed by atoms with Gasteiger partial charge >= 0.3 is 0 Å². The van der Waals surface area contributed by atoms with Gasteiger partial charge in [0.2, 0.25) is 0 Å². The van der Waals surface area contributed by atoms with E-state index in [1.54, 1.807) is 7.11 Å². The normalized spacial score (nSPS) is 26.4. The summed E-state index contributed by atoms with van der Waals surface area (Å²) in [5.74, 6) is 0. The second-order valence-corrected chi connectivity index (χ2v) is 5.26. The van der Waals surface area contributed by atoms with E-state index in [1.807, 2.05) is 0 Å². The highest BCUT2D eigenvalue weighted by Crippen LogP contribution is 2.34. The molecule has 0 heterocycles. The van der Waals surface area contributed by atoms with Gasteiger partial charge in [0.25, 0.3) is 0 Å². The van der Waals surface area contributed by atoms with Crippen LogP contribution in [0.4, 0.5) is 0 Å². The molecule has 0 unspecified atom stereocenters. The number of hydrogen-bond acceptors (Lipinski definition) is 2. The molecule has 2 heteroatoms. The van der Waals surface area contributed by atoms with Crippen molar-refractivity contribution in [3.8, 4) is 0 Å². The Labute approximate surface area is 88.4 Å². The van der Waals surface area contributed by atoms with Gasteiger partial charge in [-0.2, -0.15) is 0 Å². The van der Waals surface area contributed by atoms with Gasteiger partial charge in [0.15, 0.2) is 0 Å². The third kappa shape index (κ3) is 4.43. The molecule has 2 nitrogen and oxygen atoms in total. The van der Waals surface area contributed by atoms with Crippen molar-refractivity contribution < 1.29 is 4.74 Å². The molecule has 0 bridgehead atoms. The van der Waals surface area contributed by atoms with Crippen molar-refractivity contribution in [2.75, 3.05) is 20.3 Å². The summed E-state index contributed by atoms with van der Waals surface area (Å²) in [4.78, 5) is 0. The zero-order valence-corrected chi connectivity index (χ0v) is 9.94. The van der Waals surface area contributed by atoms with E-state index in [4.69, 9.17) is 4.74 Å². The van der Waals surface area contributed by atoms with Gasteiger partial charge in [-0.3, -0.25) is 0 Å². The first-order valence-electron chi connectivity index (χ1n) is 5.86. The highest BCUT2D eigenvalue weighted by Gasteiger charge is 2.27. The standard InChI is InChI=1S/C12H25NO/c1-12(2)7-4-6-11(10-12)13-8-5-9-14-3/h11,13H,4-10H2,1-3H3/t11-/m0/s1. The van der Waals surface area contributed by atoms with Crippen molar-refractivity contribution >= 4 is 0 Å². The van der Waals surface area contributed by atoms with Crippen molar-refractivity contribution in [3.63, 3.8) is 0 Å². The second-order valence-electron chi connectivity index (χ2n) is 5.26. The van der Waals surface area contributed by atoms with E-state index in [2.05, 4.69) is 19.2 Å². The Bertz CT molecular complexity index is 156. The lowest BCUT2D eigenvalue weighted by Gasteiger charge is -2.35. The predicted octanol–water partition coefficient (Wildman–Crippen LogP) is 2.58. The van der Waals surface area contributed by atoms with Gasteiger partial charge in [0, 0.05) is 19.8 Å². The first-order chi connectivity index (χ1) is 6.64. The van der Waals surface area contributed by atoms with Crippen LogP contribution in [-0.4, -0.2) is 26.3 Å². The van der Waals surface area contributed by atoms with Crippen LogP contribution >= 0.6 is 0 Å². The number of ether oxygens (including phenoxy) is 1. The predicted molar refractivity (Wildman–Crippen MR) is 60.5 cm³/mol. The zero-order chi connectivity index (χ0) is 10.4. The zero-order valence-electron chi connectivity index (χ0n) is 9.94. The van der Waals surface area contributed by atoms with Crippen LogP contribution < -0.4 is 5.32 Å². The van der Waals surface area contributed by atoms with Gasteiger partial charge in [0.1, 0.15) is 0 Å². The third-order valence-corrected chi connectivity index (χ3v) is 3.16. The lowest BCUT2D eigenvalue weighted by atomic mass is 9.75. The Kier molecular flexibility index (Phi) is 4.90. The quantitative estimate of drug-likeness (QED) is 0.687. The van der Waals surface area contributed by atoms with E-state index >= 15 is 0 Å². The molecule has 0 aliphatic heterocycles. The fourth-order valence-corrected chi connectivity index (χ4v) is 2.40. The molecule has 1 atom stereocenters. The average molecular weight is 199 g/mol. The van der Waals surface area contributed by atoms with Crippen LogP contribution in [0.1, 0.15) is 46.0 Å². The van der Waals surface area contributed by atoms with Gasteiger partial charge in [-0.05, 0) is 37.6 Å². The van der Waals surface area contributed by atoms with Crippen LogP contribution in [0.15, 0.2) is 0 Å². The fraction of sp³-hybridized carbons (Fsp3) is 1.00. The Morgan fingerprint density at radius 1 is 1.43 bits per heavy atom. The Morgan fingerprint density at radius 3 is 2.86 bits per heavy atom. The van der Waals surface area contributed by atoms with E-state index in [9.17, 15) is 0 Å². The number of methoxy groups -OCH3 is 1. The monoisotopic (exact) mass is 199 g/mol. The molecule has 0 radical (unpaired) electrons. The number of nitrogens with one attached hydrogen (secondary N) is 1. The summed E-state index contributed by atoms with van der Waals surface area (Å²) < 4.78 is 5.03.